The van der Waals surface area contributed by atoms with E-state index in [4.69, 9.17) is 22.0 Å². The van der Waals surface area contributed by atoms with Gasteiger partial charge in [-0.25, -0.2) is 0 Å². The molecule has 2 aliphatic carbocycles. The first kappa shape index (κ1) is 22.8. The molecule has 164 valence electrons. The van der Waals surface area contributed by atoms with E-state index in [9.17, 15) is 0 Å². The molecule has 0 spiro atoms. The number of hydrogen-bond acceptors (Lipinski definition) is 5. The molecule has 3 rings (SSSR count). The number of hydrazine groups is 1. The minimum Gasteiger partial charge on any atom is -0.456 e. The number of anilines is 1. The largest absolute Gasteiger partial charge is 0.456 e. The first-order chi connectivity index (χ1) is 14.4. The molecule has 0 radical (unpaired) electrons. The summed E-state index contributed by atoms with van der Waals surface area (Å²) in [5.74, 6) is 4.50. The van der Waals surface area contributed by atoms with E-state index in [-0.39, 0.29) is 10.8 Å². The molecule has 0 heterocycles. The number of nitrogens with two attached hydrogens (primary N) is 3. The van der Waals surface area contributed by atoms with Crippen molar-refractivity contribution in [2.24, 2.45) is 28.1 Å². The highest BCUT2D eigenvalue weighted by Gasteiger charge is 2.30. The Kier molecular flexibility index (Phi) is 6.14. The van der Waals surface area contributed by atoms with Crippen molar-refractivity contribution in [2.75, 3.05) is 5.43 Å². The lowest BCUT2D eigenvalue weighted by Gasteiger charge is -2.29. The van der Waals surface area contributed by atoms with E-state index in [0.717, 1.165) is 11.3 Å². The lowest BCUT2D eigenvalue weighted by Crippen LogP contribution is -2.56. The summed E-state index contributed by atoms with van der Waals surface area (Å²) in [6, 6.07) is 7.15. The first-order valence-electron chi connectivity index (χ1n) is 10.5. The molecular formula is C26H34N4O. The molecule has 1 aromatic carbocycles. The van der Waals surface area contributed by atoms with Crippen LogP contribution in [0.15, 0.2) is 95.2 Å². The highest BCUT2D eigenvalue weighted by atomic mass is 16.5. The van der Waals surface area contributed by atoms with Crippen LogP contribution in [-0.2, 0) is 0 Å². The standard InChI is InChI=1S/C26H34N4O/c1-18-6-7-19(15-24(2,3)14-18)20-8-9-21(17-25(4,5)16-20)26(27,28)31-23-12-10-22(30-29)11-13-23/h6-17,30H,27-29H2,1-5H3. The quantitative estimate of drug-likeness (QED) is 0.311. The number of hydrogen-bond donors (Lipinski definition) is 4. The lowest BCUT2D eigenvalue weighted by atomic mass is 9.85. The fourth-order valence-electron chi connectivity index (χ4n) is 3.94. The predicted octanol–water partition coefficient (Wildman–Crippen LogP) is 4.84. The SMILES string of the molecule is CC1=CC(C)(C)C=C(C2=CC(C)(C)C=C(C(N)(N)Oc3ccc(NN)cc3)C=C2)C=C1. The predicted molar refractivity (Wildman–Crippen MR) is 130 cm³/mol. The van der Waals surface area contributed by atoms with Crippen LogP contribution in [0.4, 0.5) is 5.69 Å². The van der Waals surface area contributed by atoms with Crippen molar-refractivity contribution in [1.29, 1.82) is 0 Å². The Hall–Kier alpha value is -2.86. The minimum absolute atomic E-state index is 0.0382. The van der Waals surface area contributed by atoms with E-state index in [1.165, 1.54) is 11.1 Å². The zero-order chi connectivity index (χ0) is 22.9. The Labute approximate surface area is 185 Å². The van der Waals surface area contributed by atoms with Gasteiger partial charge in [0.1, 0.15) is 5.75 Å². The van der Waals surface area contributed by atoms with E-state index >= 15 is 0 Å². The number of ether oxygens (including phenoxy) is 1. The van der Waals surface area contributed by atoms with Crippen molar-refractivity contribution in [3.63, 3.8) is 0 Å². The summed E-state index contributed by atoms with van der Waals surface area (Å²) in [5, 5.41) is 0. The van der Waals surface area contributed by atoms with Crippen LogP contribution >= 0.6 is 0 Å². The van der Waals surface area contributed by atoms with Crippen LogP contribution in [0.5, 0.6) is 5.75 Å². The van der Waals surface area contributed by atoms with Crippen molar-refractivity contribution >= 4 is 5.69 Å². The van der Waals surface area contributed by atoms with E-state index in [2.05, 4.69) is 82.6 Å². The summed E-state index contributed by atoms with van der Waals surface area (Å²) < 4.78 is 5.94. The lowest BCUT2D eigenvalue weighted by molar-refractivity contribution is 0.125. The van der Waals surface area contributed by atoms with Crippen molar-refractivity contribution in [1.82, 2.24) is 0 Å². The van der Waals surface area contributed by atoms with Crippen LogP contribution in [0, 0.1) is 10.8 Å². The van der Waals surface area contributed by atoms with Crippen molar-refractivity contribution in [3.05, 3.63) is 95.2 Å². The third-order valence-electron chi connectivity index (χ3n) is 5.24. The van der Waals surface area contributed by atoms with E-state index < -0.39 is 5.85 Å². The molecule has 31 heavy (non-hydrogen) atoms. The smallest absolute Gasteiger partial charge is 0.239 e. The number of benzene rings is 1. The normalized spacial score (nSPS) is 20.0. The first-order valence-corrected chi connectivity index (χ1v) is 10.5. The maximum atomic E-state index is 6.43. The van der Waals surface area contributed by atoms with Gasteiger partial charge in [0.2, 0.25) is 5.85 Å². The van der Waals surface area contributed by atoms with Crippen LogP contribution in [0.3, 0.4) is 0 Å². The maximum absolute atomic E-state index is 6.43. The van der Waals surface area contributed by atoms with Crippen molar-refractivity contribution in [2.45, 2.75) is 40.5 Å². The average molecular weight is 419 g/mol. The van der Waals surface area contributed by atoms with Crippen LogP contribution < -0.4 is 27.5 Å². The fourth-order valence-corrected chi connectivity index (χ4v) is 3.94. The van der Waals surface area contributed by atoms with Crippen LogP contribution in [0.1, 0.15) is 34.6 Å². The zero-order valence-electron chi connectivity index (χ0n) is 19.1. The molecule has 0 bridgehead atoms. The van der Waals surface area contributed by atoms with E-state index in [0.29, 0.717) is 11.3 Å². The number of nitrogen functional groups attached to an aromatic ring is 1. The fraction of sp³-hybridized carbons (Fsp3) is 0.308. The molecule has 0 aromatic heterocycles. The third-order valence-corrected chi connectivity index (χ3v) is 5.24. The number of allylic oxidation sites excluding steroid dienone is 10. The summed E-state index contributed by atoms with van der Waals surface area (Å²) in [7, 11) is 0. The third kappa shape index (κ3) is 5.85. The van der Waals surface area contributed by atoms with Gasteiger partial charge in [-0.1, -0.05) is 81.9 Å². The summed E-state index contributed by atoms with van der Waals surface area (Å²) in [6.45, 7) is 10.8. The molecule has 0 unspecified atom stereocenters. The number of nitrogens with one attached hydrogen (secondary N) is 1. The van der Waals surface area contributed by atoms with Gasteiger partial charge in [-0.15, -0.1) is 0 Å². The molecular weight excluding hydrogens is 384 g/mol. The molecule has 1 aromatic rings. The molecule has 0 saturated carbocycles. The van der Waals surface area contributed by atoms with E-state index in [1.807, 2.05) is 6.08 Å². The summed E-state index contributed by atoms with van der Waals surface area (Å²) in [5.41, 5.74) is 20.2. The van der Waals surface area contributed by atoms with Gasteiger partial charge in [0.15, 0.2) is 0 Å². The molecule has 0 aliphatic heterocycles. The van der Waals surface area contributed by atoms with Crippen molar-refractivity contribution in [3.8, 4) is 5.75 Å². The molecule has 7 N–H and O–H groups in total. The Balaban J connectivity index is 1.91. The van der Waals surface area contributed by atoms with Gasteiger partial charge in [0.05, 0.1) is 0 Å². The Bertz CT molecular complexity index is 1020. The highest BCUT2D eigenvalue weighted by molar-refractivity contribution is 5.55. The molecule has 0 atom stereocenters. The van der Waals surface area contributed by atoms with Gasteiger partial charge < -0.3 is 10.2 Å². The van der Waals surface area contributed by atoms with Crippen LogP contribution in [0.25, 0.3) is 0 Å². The van der Waals surface area contributed by atoms with Crippen LogP contribution in [-0.4, -0.2) is 5.85 Å². The topological polar surface area (TPSA) is 99.3 Å². The second kappa shape index (κ2) is 8.35. The van der Waals surface area contributed by atoms with Gasteiger partial charge >= 0.3 is 0 Å². The second-order valence-electron chi connectivity index (χ2n) is 9.56. The minimum atomic E-state index is -1.49. The van der Waals surface area contributed by atoms with Gasteiger partial charge in [-0.2, -0.15) is 0 Å². The summed E-state index contributed by atoms with van der Waals surface area (Å²) in [4.78, 5) is 0. The molecule has 2 aliphatic rings. The van der Waals surface area contributed by atoms with Gasteiger partial charge in [0.25, 0.3) is 0 Å². The average Bonchev–Trinajstić information content (AvgIpc) is 2.92. The summed E-state index contributed by atoms with van der Waals surface area (Å²) >= 11 is 0. The zero-order valence-corrected chi connectivity index (χ0v) is 19.1. The summed E-state index contributed by atoms with van der Waals surface area (Å²) in [6.07, 6.45) is 17.2. The highest BCUT2D eigenvalue weighted by Crippen LogP contribution is 2.35. The van der Waals surface area contributed by atoms with Gasteiger partial charge in [-0.3, -0.25) is 17.3 Å². The Morgan fingerprint density at radius 1 is 0.774 bits per heavy atom. The van der Waals surface area contributed by atoms with Gasteiger partial charge in [0, 0.05) is 22.1 Å². The second-order valence-corrected chi connectivity index (χ2v) is 9.56. The molecule has 0 fully saturated rings. The molecule has 5 nitrogen and oxygen atoms in total. The Morgan fingerprint density at radius 2 is 1.32 bits per heavy atom. The van der Waals surface area contributed by atoms with Crippen molar-refractivity contribution < 1.29 is 4.74 Å². The van der Waals surface area contributed by atoms with Crippen LogP contribution in [0.2, 0.25) is 0 Å². The van der Waals surface area contributed by atoms with E-state index in [1.54, 1.807) is 24.3 Å². The Morgan fingerprint density at radius 3 is 1.90 bits per heavy atom. The monoisotopic (exact) mass is 418 g/mol. The molecule has 5 heteroatoms. The number of rotatable bonds is 5. The maximum Gasteiger partial charge on any atom is 0.239 e. The van der Waals surface area contributed by atoms with Gasteiger partial charge in [-0.05, 0) is 42.3 Å². The molecule has 0 saturated heterocycles. The molecule has 0 amide bonds.